The summed E-state index contributed by atoms with van der Waals surface area (Å²) in [7, 11) is 0. The Hall–Kier alpha value is -3.82. The van der Waals surface area contributed by atoms with Gasteiger partial charge in [-0.05, 0) is 49.9 Å². The lowest BCUT2D eigenvalue weighted by Gasteiger charge is -2.19. The summed E-state index contributed by atoms with van der Waals surface area (Å²) in [5.41, 5.74) is 2.45. The molecule has 0 spiro atoms. The Morgan fingerprint density at radius 3 is 2.91 bits per heavy atom. The van der Waals surface area contributed by atoms with Gasteiger partial charge in [-0.1, -0.05) is 6.42 Å². The molecule has 0 unspecified atom stereocenters. The number of aromatic amines is 1. The molecule has 3 N–H and O–H groups in total. The zero-order chi connectivity index (χ0) is 22.4. The fourth-order valence-corrected chi connectivity index (χ4v) is 4.59. The Morgan fingerprint density at radius 2 is 2.09 bits per heavy atom. The second-order valence-electron chi connectivity index (χ2n) is 8.77. The summed E-state index contributed by atoms with van der Waals surface area (Å²) in [6.45, 7) is 0. The van der Waals surface area contributed by atoms with Crippen molar-refractivity contribution >= 4 is 28.7 Å². The average molecular weight is 446 g/mol. The number of rotatable bonds is 6. The molecule has 6 rings (SSSR count). The van der Waals surface area contributed by atoms with Crippen molar-refractivity contribution in [3.8, 4) is 0 Å². The molecule has 0 saturated heterocycles. The monoisotopic (exact) mass is 446 g/mol. The van der Waals surface area contributed by atoms with Crippen molar-refractivity contribution in [3.63, 3.8) is 0 Å². The normalized spacial score (nSPS) is 20.3. The van der Waals surface area contributed by atoms with Crippen LogP contribution >= 0.6 is 0 Å². The van der Waals surface area contributed by atoms with Crippen molar-refractivity contribution in [1.29, 1.82) is 0 Å². The molecule has 10 heteroatoms. The van der Waals surface area contributed by atoms with Gasteiger partial charge in [0.15, 0.2) is 17.5 Å². The van der Waals surface area contributed by atoms with E-state index in [9.17, 15) is 9.18 Å². The maximum Gasteiger partial charge on any atom is 0.228 e. The number of fused-ring (bicyclic) bond motifs is 1. The summed E-state index contributed by atoms with van der Waals surface area (Å²) in [4.78, 5) is 21.5. The van der Waals surface area contributed by atoms with Crippen LogP contribution in [-0.4, -0.2) is 35.7 Å². The summed E-state index contributed by atoms with van der Waals surface area (Å²) < 4.78 is 14.9. The van der Waals surface area contributed by atoms with Gasteiger partial charge in [-0.25, -0.2) is 14.5 Å². The highest BCUT2D eigenvalue weighted by Gasteiger charge is 2.36. The molecule has 4 heterocycles. The van der Waals surface area contributed by atoms with Crippen molar-refractivity contribution < 1.29 is 9.18 Å². The topological polar surface area (TPSA) is 113 Å². The van der Waals surface area contributed by atoms with E-state index in [-0.39, 0.29) is 17.7 Å². The second-order valence-corrected chi connectivity index (χ2v) is 8.77. The number of H-pyrrole nitrogens is 1. The minimum absolute atomic E-state index is 0.119. The van der Waals surface area contributed by atoms with Gasteiger partial charge >= 0.3 is 0 Å². The number of nitrogens with one attached hydrogen (secondary N) is 3. The van der Waals surface area contributed by atoms with Gasteiger partial charge in [0.25, 0.3) is 0 Å². The van der Waals surface area contributed by atoms with Crippen LogP contribution in [0.3, 0.4) is 0 Å². The van der Waals surface area contributed by atoms with Gasteiger partial charge in [-0.2, -0.15) is 14.6 Å². The molecule has 4 aromatic heterocycles. The first kappa shape index (κ1) is 19.8. The molecular formula is C23H23FN8O. The van der Waals surface area contributed by atoms with Crippen LogP contribution in [0, 0.1) is 11.9 Å². The van der Waals surface area contributed by atoms with E-state index in [1.165, 1.54) is 31.2 Å². The predicted molar refractivity (Wildman–Crippen MR) is 120 cm³/mol. The number of halogens is 1. The minimum atomic E-state index is -0.582. The van der Waals surface area contributed by atoms with Crippen molar-refractivity contribution in [1.82, 2.24) is 29.8 Å². The summed E-state index contributed by atoms with van der Waals surface area (Å²) in [6, 6.07) is 8.63. The standard InChI is InChI=1S/C23H23FN8O/c24-19-9-8-14(12-25-19)26-23(33)16-4-1-3-15(16)21-28-22(18-5-2-10-32(18)31-21)27-20-11-17(29-30-20)13-6-7-13/h2,5,8-13,15-16H,1,3-4,6-7H2,(H,26,33)(H2,27,28,29,30,31)/t15-,16-/m0/s1. The Balaban J connectivity index is 1.27. The Labute approximate surface area is 188 Å². The second kappa shape index (κ2) is 7.95. The maximum absolute atomic E-state index is 13.1. The molecule has 0 radical (unpaired) electrons. The molecule has 2 fully saturated rings. The molecule has 0 bridgehead atoms. The summed E-state index contributed by atoms with van der Waals surface area (Å²) in [5, 5.41) is 18.4. The Morgan fingerprint density at radius 1 is 1.18 bits per heavy atom. The maximum atomic E-state index is 13.1. The molecule has 2 aliphatic carbocycles. The smallest absolute Gasteiger partial charge is 0.228 e. The Bertz CT molecular complexity index is 1310. The van der Waals surface area contributed by atoms with Crippen LogP contribution in [0.2, 0.25) is 0 Å². The lowest BCUT2D eigenvalue weighted by Crippen LogP contribution is -2.26. The van der Waals surface area contributed by atoms with E-state index in [4.69, 9.17) is 10.1 Å². The first-order valence-electron chi connectivity index (χ1n) is 11.2. The van der Waals surface area contributed by atoms with Crippen LogP contribution in [0.1, 0.15) is 55.5 Å². The highest BCUT2D eigenvalue weighted by atomic mass is 19.1. The third kappa shape index (κ3) is 3.92. The lowest BCUT2D eigenvalue weighted by molar-refractivity contribution is -0.120. The third-order valence-electron chi connectivity index (χ3n) is 6.45. The van der Waals surface area contributed by atoms with Gasteiger partial charge in [-0.15, -0.1) is 0 Å². The van der Waals surface area contributed by atoms with Crippen LogP contribution in [0.15, 0.2) is 42.7 Å². The molecule has 1 amide bonds. The predicted octanol–water partition coefficient (Wildman–Crippen LogP) is 4.13. The lowest BCUT2D eigenvalue weighted by atomic mass is 9.94. The number of anilines is 3. The number of carbonyl (C=O) groups excluding carboxylic acids is 1. The van der Waals surface area contributed by atoms with E-state index in [0.29, 0.717) is 29.1 Å². The molecule has 2 aliphatic rings. The van der Waals surface area contributed by atoms with Gasteiger partial charge in [0.2, 0.25) is 11.9 Å². The third-order valence-corrected chi connectivity index (χ3v) is 6.45. The fourth-order valence-electron chi connectivity index (χ4n) is 4.59. The number of aromatic nitrogens is 6. The van der Waals surface area contributed by atoms with Crippen molar-refractivity contribution in [2.24, 2.45) is 5.92 Å². The molecule has 4 aromatic rings. The van der Waals surface area contributed by atoms with E-state index in [2.05, 4.69) is 25.8 Å². The van der Waals surface area contributed by atoms with E-state index >= 15 is 0 Å². The van der Waals surface area contributed by atoms with Gasteiger partial charge < -0.3 is 10.6 Å². The Kier molecular flexibility index (Phi) is 4.78. The first-order chi connectivity index (χ1) is 16.1. The minimum Gasteiger partial charge on any atom is -0.324 e. The number of hydrogen-bond donors (Lipinski definition) is 3. The zero-order valence-corrected chi connectivity index (χ0v) is 17.8. The van der Waals surface area contributed by atoms with Crippen molar-refractivity contribution in [2.45, 2.75) is 43.9 Å². The number of pyridine rings is 1. The van der Waals surface area contributed by atoms with Crippen molar-refractivity contribution in [2.75, 3.05) is 10.6 Å². The summed E-state index contributed by atoms with van der Waals surface area (Å²) in [5.74, 6) is 1.47. The molecule has 168 valence electrons. The largest absolute Gasteiger partial charge is 0.324 e. The SMILES string of the molecule is O=C(Nc1ccc(F)nc1)[C@H]1CCC[C@@H]1c1nc(Nc2cc(C3CC3)[nH]n2)c2cccn2n1. The zero-order valence-electron chi connectivity index (χ0n) is 17.8. The molecule has 2 saturated carbocycles. The highest BCUT2D eigenvalue weighted by molar-refractivity contribution is 5.93. The van der Waals surface area contributed by atoms with Crippen LogP contribution in [-0.2, 0) is 4.79 Å². The number of hydrogen-bond acceptors (Lipinski definition) is 6. The van der Waals surface area contributed by atoms with Crippen LogP contribution < -0.4 is 10.6 Å². The number of carbonyl (C=O) groups is 1. The molecule has 9 nitrogen and oxygen atoms in total. The van der Waals surface area contributed by atoms with Crippen LogP contribution in [0.25, 0.3) is 5.52 Å². The molecular weight excluding hydrogens is 423 g/mol. The summed E-state index contributed by atoms with van der Waals surface area (Å²) >= 11 is 0. The molecule has 2 atom stereocenters. The van der Waals surface area contributed by atoms with E-state index in [1.807, 2.05) is 24.4 Å². The average Bonchev–Trinajstić information content (AvgIpc) is 3.20. The van der Waals surface area contributed by atoms with Gasteiger partial charge in [0.1, 0.15) is 5.52 Å². The summed E-state index contributed by atoms with van der Waals surface area (Å²) in [6.07, 6.45) is 8.06. The van der Waals surface area contributed by atoms with Crippen LogP contribution in [0.4, 0.5) is 21.7 Å². The van der Waals surface area contributed by atoms with Gasteiger partial charge in [0, 0.05) is 35.7 Å². The van der Waals surface area contributed by atoms with Crippen LogP contribution in [0.5, 0.6) is 0 Å². The number of amides is 1. The quantitative estimate of drug-likeness (QED) is 0.384. The van der Waals surface area contributed by atoms with Gasteiger partial charge in [0.05, 0.1) is 11.9 Å². The number of nitrogens with zero attached hydrogens (tertiary/aromatic N) is 5. The van der Waals surface area contributed by atoms with E-state index in [1.54, 1.807) is 4.52 Å². The molecule has 0 aliphatic heterocycles. The van der Waals surface area contributed by atoms with E-state index in [0.717, 1.165) is 30.5 Å². The van der Waals surface area contributed by atoms with Crippen molar-refractivity contribution in [3.05, 3.63) is 60.2 Å². The molecule has 0 aromatic carbocycles. The first-order valence-corrected chi connectivity index (χ1v) is 11.2. The van der Waals surface area contributed by atoms with E-state index < -0.39 is 5.95 Å². The molecule has 33 heavy (non-hydrogen) atoms. The van der Waals surface area contributed by atoms with Gasteiger partial charge in [-0.3, -0.25) is 9.89 Å². The highest BCUT2D eigenvalue weighted by Crippen LogP contribution is 2.41. The fraction of sp³-hybridized carbons (Fsp3) is 0.348.